The van der Waals surface area contributed by atoms with Crippen LogP contribution in [0.2, 0.25) is 0 Å². The van der Waals surface area contributed by atoms with E-state index in [1.807, 2.05) is 79.4 Å². The summed E-state index contributed by atoms with van der Waals surface area (Å²) in [5.41, 5.74) is 3.69. The van der Waals surface area contributed by atoms with Crippen LogP contribution in [0.5, 0.6) is 0 Å². The van der Waals surface area contributed by atoms with Gasteiger partial charge in [0.15, 0.2) is 0 Å². The van der Waals surface area contributed by atoms with E-state index in [4.69, 9.17) is 4.98 Å². The summed E-state index contributed by atoms with van der Waals surface area (Å²) in [6, 6.07) is 19.7. The zero-order valence-corrected chi connectivity index (χ0v) is 16.8. The second-order valence-electron chi connectivity index (χ2n) is 7.28. The van der Waals surface area contributed by atoms with E-state index >= 15 is 0 Å². The molecule has 0 radical (unpaired) electrons. The van der Waals surface area contributed by atoms with Gasteiger partial charge in [0, 0.05) is 49.2 Å². The Morgan fingerprint density at radius 2 is 1.59 bits per heavy atom. The van der Waals surface area contributed by atoms with Crippen LogP contribution >= 0.6 is 0 Å². The highest BCUT2D eigenvalue weighted by Gasteiger charge is 2.24. The molecule has 2 heterocycles. The summed E-state index contributed by atoms with van der Waals surface area (Å²) in [7, 11) is 0. The van der Waals surface area contributed by atoms with E-state index in [0.717, 1.165) is 28.3 Å². The Hall–Kier alpha value is -3.41. The van der Waals surface area contributed by atoms with Gasteiger partial charge in [0.25, 0.3) is 5.91 Å². The number of nitrogens with one attached hydrogen (secondary N) is 1. The van der Waals surface area contributed by atoms with Crippen LogP contribution in [0.15, 0.2) is 60.7 Å². The third-order valence-electron chi connectivity index (χ3n) is 5.11. The summed E-state index contributed by atoms with van der Waals surface area (Å²) in [5.74, 6) is 1.57. The van der Waals surface area contributed by atoms with Gasteiger partial charge in [-0.15, -0.1) is 0 Å². The summed E-state index contributed by atoms with van der Waals surface area (Å²) in [6.07, 6.45) is 0. The highest BCUT2D eigenvalue weighted by atomic mass is 16.2. The zero-order chi connectivity index (χ0) is 20.2. The minimum atomic E-state index is 0.0966. The van der Waals surface area contributed by atoms with Crippen molar-refractivity contribution in [1.29, 1.82) is 0 Å². The van der Waals surface area contributed by atoms with E-state index in [2.05, 4.69) is 15.2 Å². The van der Waals surface area contributed by atoms with Crippen molar-refractivity contribution in [2.45, 2.75) is 13.8 Å². The molecular weight excluding hydrogens is 362 g/mol. The molecule has 0 atom stereocenters. The number of carbonyl (C=O) groups excluding carboxylic acids is 1. The van der Waals surface area contributed by atoms with Gasteiger partial charge >= 0.3 is 0 Å². The van der Waals surface area contributed by atoms with Gasteiger partial charge in [0.1, 0.15) is 5.82 Å². The highest BCUT2D eigenvalue weighted by Crippen LogP contribution is 2.20. The van der Waals surface area contributed by atoms with Gasteiger partial charge in [-0.3, -0.25) is 4.79 Å². The Kier molecular flexibility index (Phi) is 5.42. The number of anilines is 3. The van der Waals surface area contributed by atoms with Crippen LogP contribution in [0.4, 0.5) is 17.5 Å². The number of benzene rings is 2. The van der Waals surface area contributed by atoms with E-state index < -0.39 is 0 Å². The van der Waals surface area contributed by atoms with Crippen molar-refractivity contribution in [2.75, 3.05) is 36.4 Å². The molecule has 0 unspecified atom stereocenters. The molecule has 1 aliphatic heterocycles. The lowest BCUT2D eigenvalue weighted by Gasteiger charge is -2.35. The van der Waals surface area contributed by atoms with Gasteiger partial charge in [0.2, 0.25) is 5.95 Å². The Balaban J connectivity index is 1.44. The minimum Gasteiger partial charge on any atom is -0.340 e. The maximum absolute atomic E-state index is 12.8. The first-order valence-electron chi connectivity index (χ1n) is 9.88. The predicted octanol–water partition coefficient (Wildman–Crippen LogP) is 3.80. The van der Waals surface area contributed by atoms with E-state index in [1.54, 1.807) is 0 Å². The first kappa shape index (κ1) is 18.9. The minimum absolute atomic E-state index is 0.0966. The molecule has 1 aliphatic rings. The van der Waals surface area contributed by atoms with Crippen molar-refractivity contribution in [1.82, 2.24) is 14.9 Å². The summed E-state index contributed by atoms with van der Waals surface area (Å²) in [5, 5.41) is 3.34. The number of piperazine rings is 1. The molecule has 6 nitrogen and oxygen atoms in total. The van der Waals surface area contributed by atoms with E-state index in [9.17, 15) is 4.79 Å². The largest absolute Gasteiger partial charge is 0.340 e. The summed E-state index contributed by atoms with van der Waals surface area (Å²) in [6.45, 7) is 6.69. The lowest BCUT2D eigenvalue weighted by atomic mass is 10.1. The highest BCUT2D eigenvalue weighted by molar-refractivity contribution is 5.95. The molecule has 2 aromatic carbocycles. The average molecular weight is 387 g/mol. The molecule has 148 valence electrons. The molecule has 0 saturated carbocycles. The Morgan fingerprint density at radius 3 is 2.31 bits per heavy atom. The van der Waals surface area contributed by atoms with Crippen LogP contribution in [0.3, 0.4) is 0 Å². The van der Waals surface area contributed by atoms with Crippen LogP contribution in [-0.2, 0) is 0 Å². The van der Waals surface area contributed by atoms with Gasteiger partial charge < -0.3 is 15.1 Å². The van der Waals surface area contributed by atoms with Crippen molar-refractivity contribution in [3.63, 3.8) is 0 Å². The fourth-order valence-corrected chi connectivity index (χ4v) is 3.52. The Morgan fingerprint density at radius 1 is 0.897 bits per heavy atom. The fourth-order valence-electron chi connectivity index (χ4n) is 3.52. The van der Waals surface area contributed by atoms with Crippen LogP contribution in [0.1, 0.15) is 21.6 Å². The van der Waals surface area contributed by atoms with Gasteiger partial charge in [-0.25, -0.2) is 4.98 Å². The molecule has 29 heavy (non-hydrogen) atoms. The third kappa shape index (κ3) is 4.37. The van der Waals surface area contributed by atoms with E-state index in [0.29, 0.717) is 32.1 Å². The summed E-state index contributed by atoms with van der Waals surface area (Å²) < 4.78 is 0. The second kappa shape index (κ2) is 8.31. The molecule has 1 aromatic heterocycles. The lowest BCUT2D eigenvalue weighted by Crippen LogP contribution is -2.49. The standard InChI is InChI=1S/C23H25N5O/c1-17-8-6-7-11-20(17)22(29)27-12-14-28(15-13-27)23-24-18(2)16-21(26-23)25-19-9-4-3-5-10-19/h3-11,16H,12-15H2,1-2H3,(H,24,25,26). The summed E-state index contributed by atoms with van der Waals surface area (Å²) in [4.78, 5) is 26.2. The van der Waals surface area contributed by atoms with E-state index in [-0.39, 0.29) is 5.91 Å². The number of aryl methyl sites for hydroxylation is 2. The SMILES string of the molecule is Cc1cc(Nc2ccccc2)nc(N2CCN(C(=O)c3ccccc3C)CC2)n1. The third-order valence-corrected chi connectivity index (χ3v) is 5.11. The summed E-state index contributed by atoms with van der Waals surface area (Å²) >= 11 is 0. The zero-order valence-electron chi connectivity index (χ0n) is 16.8. The van der Waals surface area contributed by atoms with E-state index in [1.165, 1.54) is 0 Å². The molecular formula is C23H25N5O. The Labute approximate surface area is 171 Å². The monoisotopic (exact) mass is 387 g/mol. The maximum atomic E-state index is 12.8. The molecule has 1 N–H and O–H groups in total. The van der Waals surface area contributed by atoms with Gasteiger partial charge in [0.05, 0.1) is 0 Å². The molecule has 1 fully saturated rings. The number of para-hydroxylation sites is 1. The smallest absolute Gasteiger partial charge is 0.254 e. The number of hydrogen-bond acceptors (Lipinski definition) is 5. The van der Waals surface area contributed by atoms with Gasteiger partial charge in [-0.05, 0) is 37.6 Å². The average Bonchev–Trinajstić information content (AvgIpc) is 2.74. The van der Waals surface area contributed by atoms with Crippen molar-refractivity contribution in [3.05, 3.63) is 77.5 Å². The number of amides is 1. The number of aromatic nitrogens is 2. The molecule has 1 saturated heterocycles. The predicted molar refractivity (Wildman–Crippen MR) is 116 cm³/mol. The molecule has 4 rings (SSSR count). The van der Waals surface area contributed by atoms with Gasteiger partial charge in [-0.2, -0.15) is 4.98 Å². The quantitative estimate of drug-likeness (QED) is 0.738. The molecule has 1 amide bonds. The first-order valence-corrected chi connectivity index (χ1v) is 9.88. The number of rotatable bonds is 4. The van der Waals surface area contributed by atoms with Crippen molar-refractivity contribution in [2.24, 2.45) is 0 Å². The van der Waals surface area contributed by atoms with Crippen molar-refractivity contribution in [3.8, 4) is 0 Å². The van der Waals surface area contributed by atoms with Gasteiger partial charge in [-0.1, -0.05) is 36.4 Å². The van der Waals surface area contributed by atoms with Crippen LogP contribution in [-0.4, -0.2) is 47.0 Å². The van der Waals surface area contributed by atoms with Crippen molar-refractivity contribution >= 4 is 23.4 Å². The molecule has 3 aromatic rings. The fraction of sp³-hybridized carbons (Fsp3) is 0.261. The molecule has 0 spiro atoms. The Bertz CT molecular complexity index is 997. The number of hydrogen-bond donors (Lipinski definition) is 1. The molecule has 6 heteroatoms. The van der Waals surface area contributed by atoms with Crippen LogP contribution in [0, 0.1) is 13.8 Å². The van der Waals surface area contributed by atoms with Crippen LogP contribution < -0.4 is 10.2 Å². The topological polar surface area (TPSA) is 61.4 Å². The number of carbonyl (C=O) groups is 1. The first-order chi connectivity index (χ1) is 14.1. The van der Waals surface area contributed by atoms with Crippen molar-refractivity contribution < 1.29 is 4.79 Å². The lowest BCUT2D eigenvalue weighted by molar-refractivity contribution is 0.0745. The normalized spacial score (nSPS) is 14.0. The second-order valence-corrected chi connectivity index (χ2v) is 7.28. The molecule has 0 bridgehead atoms. The molecule has 0 aliphatic carbocycles. The maximum Gasteiger partial charge on any atom is 0.254 e. The number of nitrogens with zero attached hydrogens (tertiary/aromatic N) is 4. The van der Waals surface area contributed by atoms with Crippen LogP contribution in [0.25, 0.3) is 0 Å².